The summed E-state index contributed by atoms with van der Waals surface area (Å²) < 4.78 is 0. The van der Waals surface area contributed by atoms with Crippen molar-refractivity contribution < 1.29 is 0 Å². The van der Waals surface area contributed by atoms with Crippen LogP contribution in [0, 0.1) is 0 Å². The van der Waals surface area contributed by atoms with Crippen molar-refractivity contribution in [1.29, 1.82) is 0 Å². The van der Waals surface area contributed by atoms with Gasteiger partial charge in [0.25, 0.3) is 0 Å². The quantitative estimate of drug-likeness (QED) is 0.766. The van der Waals surface area contributed by atoms with Crippen LogP contribution in [0.5, 0.6) is 0 Å². The van der Waals surface area contributed by atoms with E-state index in [0.29, 0.717) is 12.6 Å². The normalized spacial score (nSPS) is 21.2. The molecule has 0 spiro atoms. The van der Waals surface area contributed by atoms with Gasteiger partial charge in [0.1, 0.15) is 11.6 Å². The van der Waals surface area contributed by atoms with Crippen LogP contribution in [0.2, 0.25) is 0 Å². The van der Waals surface area contributed by atoms with E-state index in [9.17, 15) is 0 Å². The Morgan fingerprint density at radius 1 is 1.56 bits per heavy atom. The molecule has 0 aromatic carbocycles. The van der Waals surface area contributed by atoms with Crippen molar-refractivity contribution in [3.8, 4) is 0 Å². The minimum absolute atomic E-state index is 0.516. The van der Waals surface area contributed by atoms with Crippen LogP contribution in [-0.2, 0) is 6.54 Å². The minimum atomic E-state index is 0.516. The summed E-state index contributed by atoms with van der Waals surface area (Å²) in [5, 5.41) is 6.50. The number of anilines is 1. The molecule has 1 aromatic rings. The first-order valence-electron chi connectivity index (χ1n) is 5.69. The standard InChI is InChI=1S/C11H19N5/c1-12-7-11-13-5-3-10(15-11)14-9-4-6-16(2)8-9/h3,5,9,12H,4,6-8H2,1-2H3,(H,13,14,15). The third-order valence-corrected chi connectivity index (χ3v) is 2.78. The lowest BCUT2D eigenvalue weighted by atomic mass is 10.2. The molecule has 88 valence electrons. The second-order valence-corrected chi connectivity index (χ2v) is 4.28. The Bertz CT molecular complexity index is 341. The molecule has 1 aliphatic rings. The summed E-state index contributed by atoms with van der Waals surface area (Å²) in [5.74, 6) is 1.76. The Morgan fingerprint density at radius 2 is 2.44 bits per heavy atom. The molecular formula is C11H19N5. The van der Waals surface area contributed by atoms with Gasteiger partial charge in [-0.05, 0) is 33.1 Å². The number of hydrogen-bond acceptors (Lipinski definition) is 5. The van der Waals surface area contributed by atoms with Crippen molar-refractivity contribution in [3.63, 3.8) is 0 Å². The molecule has 1 saturated heterocycles. The Labute approximate surface area is 96.3 Å². The van der Waals surface area contributed by atoms with Gasteiger partial charge in [-0.15, -0.1) is 0 Å². The van der Waals surface area contributed by atoms with Gasteiger partial charge in [0.15, 0.2) is 0 Å². The molecule has 0 radical (unpaired) electrons. The first kappa shape index (κ1) is 11.3. The molecule has 1 unspecified atom stereocenters. The lowest BCUT2D eigenvalue weighted by Crippen LogP contribution is -2.24. The molecule has 2 rings (SSSR count). The molecule has 1 aliphatic heterocycles. The highest BCUT2D eigenvalue weighted by Crippen LogP contribution is 2.12. The number of nitrogens with one attached hydrogen (secondary N) is 2. The summed E-state index contributed by atoms with van der Waals surface area (Å²) in [6.45, 7) is 2.96. The minimum Gasteiger partial charge on any atom is -0.366 e. The molecule has 0 bridgehead atoms. The monoisotopic (exact) mass is 221 g/mol. The molecule has 16 heavy (non-hydrogen) atoms. The number of likely N-dealkylation sites (N-methyl/N-ethyl adjacent to an activating group) is 1. The van der Waals surface area contributed by atoms with E-state index in [-0.39, 0.29) is 0 Å². The van der Waals surface area contributed by atoms with Gasteiger partial charge in [0, 0.05) is 18.8 Å². The fourth-order valence-electron chi connectivity index (χ4n) is 1.98. The van der Waals surface area contributed by atoms with Crippen LogP contribution in [0.4, 0.5) is 5.82 Å². The Morgan fingerprint density at radius 3 is 3.12 bits per heavy atom. The van der Waals surface area contributed by atoms with E-state index >= 15 is 0 Å². The number of likely N-dealkylation sites (tertiary alicyclic amines) is 1. The third kappa shape index (κ3) is 2.90. The van der Waals surface area contributed by atoms with Gasteiger partial charge >= 0.3 is 0 Å². The fraction of sp³-hybridized carbons (Fsp3) is 0.636. The van der Waals surface area contributed by atoms with Crippen LogP contribution in [0.25, 0.3) is 0 Å². The van der Waals surface area contributed by atoms with Gasteiger partial charge in [-0.1, -0.05) is 0 Å². The molecule has 5 nitrogen and oxygen atoms in total. The van der Waals surface area contributed by atoms with E-state index < -0.39 is 0 Å². The largest absolute Gasteiger partial charge is 0.366 e. The second kappa shape index (κ2) is 5.23. The van der Waals surface area contributed by atoms with Gasteiger partial charge in [0.2, 0.25) is 0 Å². The van der Waals surface area contributed by atoms with Crippen molar-refractivity contribution in [2.75, 3.05) is 32.5 Å². The van der Waals surface area contributed by atoms with E-state index in [1.165, 1.54) is 6.42 Å². The maximum Gasteiger partial charge on any atom is 0.144 e. The van der Waals surface area contributed by atoms with Crippen LogP contribution in [0.3, 0.4) is 0 Å². The van der Waals surface area contributed by atoms with E-state index in [4.69, 9.17) is 0 Å². The average Bonchev–Trinajstić information content (AvgIpc) is 2.65. The van der Waals surface area contributed by atoms with Crippen molar-refractivity contribution >= 4 is 5.82 Å². The highest BCUT2D eigenvalue weighted by molar-refractivity contribution is 5.34. The number of aromatic nitrogens is 2. The van der Waals surface area contributed by atoms with Crippen molar-refractivity contribution in [2.24, 2.45) is 0 Å². The maximum absolute atomic E-state index is 4.45. The zero-order valence-corrected chi connectivity index (χ0v) is 9.90. The maximum atomic E-state index is 4.45. The summed E-state index contributed by atoms with van der Waals surface area (Å²) in [6.07, 6.45) is 2.99. The SMILES string of the molecule is CNCc1nccc(NC2CCN(C)C2)n1. The lowest BCUT2D eigenvalue weighted by molar-refractivity contribution is 0.414. The summed E-state index contributed by atoms with van der Waals surface area (Å²) in [7, 11) is 4.05. The summed E-state index contributed by atoms with van der Waals surface area (Å²) >= 11 is 0. The smallest absolute Gasteiger partial charge is 0.144 e. The highest BCUT2D eigenvalue weighted by atomic mass is 15.2. The zero-order valence-electron chi connectivity index (χ0n) is 9.90. The van der Waals surface area contributed by atoms with Crippen LogP contribution in [0.1, 0.15) is 12.2 Å². The van der Waals surface area contributed by atoms with Gasteiger partial charge in [-0.3, -0.25) is 0 Å². The lowest BCUT2D eigenvalue weighted by Gasteiger charge is -2.13. The molecular weight excluding hydrogens is 202 g/mol. The van der Waals surface area contributed by atoms with Gasteiger partial charge in [0.05, 0.1) is 6.54 Å². The van der Waals surface area contributed by atoms with Gasteiger partial charge < -0.3 is 15.5 Å². The molecule has 0 aliphatic carbocycles. The molecule has 1 fully saturated rings. The zero-order chi connectivity index (χ0) is 11.4. The third-order valence-electron chi connectivity index (χ3n) is 2.78. The molecule has 2 N–H and O–H groups in total. The molecule has 1 atom stereocenters. The first-order chi connectivity index (χ1) is 7.78. The average molecular weight is 221 g/mol. The van der Waals surface area contributed by atoms with Crippen LogP contribution >= 0.6 is 0 Å². The Hall–Kier alpha value is -1.20. The molecule has 0 amide bonds. The molecule has 1 aromatic heterocycles. The fourth-order valence-corrected chi connectivity index (χ4v) is 1.98. The number of nitrogens with zero attached hydrogens (tertiary/aromatic N) is 3. The molecule has 0 saturated carbocycles. The highest BCUT2D eigenvalue weighted by Gasteiger charge is 2.19. The number of hydrogen-bond donors (Lipinski definition) is 2. The van der Waals surface area contributed by atoms with Crippen LogP contribution < -0.4 is 10.6 Å². The Kier molecular flexibility index (Phi) is 3.69. The predicted molar refractivity (Wildman–Crippen MR) is 64.3 cm³/mol. The molecule has 5 heteroatoms. The van der Waals surface area contributed by atoms with Gasteiger partial charge in [-0.25, -0.2) is 9.97 Å². The summed E-state index contributed by atoms with van der Waals surface area (Å²) in [5.41, 5.74) is 0. The van der Waals surface area contributed by atoms with E-state index in [0.717, 1.165) is 24.7 Å². The number of rotatable bonds is 4. The molecule has 2 heterocycles. The summed E-state index contributed by atoms with van der Waals surface area (Å²) in [4.78, 5) is 11.0. The topological polar surface area (TPSA) is 53.1 Å². The van der Waals surface area contributed by atoms with Crippen LogP contribution in [-0.4, -0.2) is 48.1 Å². The van der Waals surface area contributed by atoms with Crippen LogP contribution in [0.15, 0.2) is 12.3 Å². The van der Waals surface area contributed by atoms with Crippen molar-refractivity contribution in [1.82, 2.24) is 20.2 Å². The second-order valence-electron chi connectivity index (χ2n) is 4.28. The Balaban J connectivity index is 1.95. The van der Waals surface area contributed by atoms with Crippen molar-refractivity contribution in [3.05, 3.63) is 18.1 Å². The van der Waals surface area contributed by atoms with Crippen molar-refractivity contribution in [2.45, 2.75) is 19.0 Å². The van der Waals surface area contributed by atoms with E-state index in [1.807, 2.05) is 13.1 Å². The predicted octanol–water partition coefficient (Wildman–Crippen LogP) is 0.312. The van der Waals surface area contributed by atoms with E-state index in [2.05, 4.69) is 32.5 Å². The first-order valence-corrected chi connectivity index (χ1v) is 5.69. The van der Waals surface area contributed by atoms with Gasteiger partial charge in [-0.2, -0.15) is 0 Å². The van der Waals surface area contributed by atoms with E-state index in [1.54, 1.807) is 6.20 Å². The summed E-state index contributed by atoms with van der Waals surface area (Å²) in [6, 6.07) is 2.44.